The zero-order valence-electron chi connectivity index (χ0n) is 11.8. The summed E-state index contributed by atoms with van der Waals surface area (Å²) in [6, 6.07) is 3.43. The summed E-state index contributed by atoms with van der Waals surface area (Å²) < 4.78 is 29.6. The van der Waals surface area contributed by atoms with Gasteiger partial charge < -0.3 is 0 Å². The SMILES string of the molecule is Cc1cc(Br)c(S(=O)(=O)NC2(CCl)CCCCC2)cc1Br. The molecule has 0 spiro atoms. The Morgan fingerprint density at radius 2 is 1.81 bits per heavy atom. The second-order valence-corrected chi connectivity index (χ2v) is 9.24. The minimum atomic E-state index is -3.61. The summed E-state index contributed by atoms with van der Waals surface area (Å²) in [5.74, 6) is 0.302. The fourth-order valence-corrected chi connectivity index (χ4v) is 6.22. The Morgan fingerprint density at radius 1 is 1.19 bits per heavy atom. The molecule has 1 aliphatic rings. The maximum Gasteiger partial charge on any atom is 0.242 e. The molecule has 0 aliphatic heterocycles. The highest BCUT2D eigenvalue weighted by atomic mass is 79.9. The molecule has 118 valence electrons. The average molecular weight is 460 g/mol. The molecule has 0 atom stereocenters. The highest BCUT2D eigenvalue weighted by Gasteiger charge is 2.36. The summed E-state index contributed by atoms with van der Waals surface area (Å²) in [5, 5.41) is 0. The molecule has 0 amide bonds. The van der Waals surface area contributed by atoms with Crippen LogP contribution in [0.25, 0.3) is 0 Å². The van der Waals surface area contributed by atoms with Gasteiger partial charge in [0.15, 0.2) is 0 Å². The second kappa shape index (κ2) is 6.87. The number of halogens is 3. The lowest BCUT2D eigenvalue weighted by atomic mass is 9.84. The number of alkyl halides is 1. The van der Waals surface area contributed by atoms with Gasteiger partial charge in [-0.25, -0.2) is 13.1 Å². The fraction of sp³-hybridized carbons (Fsp3) is 0.571. The molecule has 0 radical (unpaired) electrons. The predicted octanol–water partition coefficient (Wildman–Crippen LogP) is 4.74. The lowest BCUT2D eigenvalue weighted by molar-refractivity contribution is 0.298. The Bertz CT molecular complexity index is 628. The van der Waals surface area contributed by atoms with Gasteiger partial charge in [-0.1, -0.05) is 35.2 Å². The van der Waals surface area contributed by atoms with Gasteiger partial charge >= 0.3 is 0 Å². The Kier molecular flexibility index (Phi) is 5.80. The number of nitrogens with one attached hydrogen (secondary N) is 1. The van der Waals surface area contributed by atoms with Gasteiger partial charge in [0.25, 0.3) is 0 Å². The number of hydrogen-bond donors (Lipinski definition) is 1. The van der Waals surface area contributed by atoms with Crippen molar-refractivity contribution in [1.82, 2.24) is 4.72 Å². The van der Waals surface area contributed by atoms with Crippen LogP contribution in [0.2, 0.25) is 0 Å². The molecular weight excluding hydrogens is 441 g/mol. The maximum atomic E-state index is 12.7. The zero-order chi connectivity index (χ0) is 15.7. The Balaban J connectivity index is 2.36. The normalized spacial score (nSPS) is 18.7. The quantitative estimate of drug-likeness (QED) is 0.661. The van der Waals surface area contributed by atoms with E-state index in [0.717, 1.165) is 42.1 Å². The molecule has 2 rings (SSSR count). The standard InChI is InChI=1S/C14H18Br2ClNO2S/c1-10-7-12(16)13(8-11(10)15)21(19,20)18-14(9-17)5-3-2-4-6-14/h7-8,18H,2-6,9H2,1H3. The fourth-order valence-electron chi connectivity index (χ4n) is 2.67. The average Bonchev–Trinajstić information content (AvgIpc) is 2.43. The van der Waals surface area contributed by atoms with Crippen LogP contribution < -0.4 is 4.72 Å². The third-order valence-corrected chi connectivity index (χ3v) is 7.82. The van der Waals surface area contributed by atoms with E-state index in [2.05, 4.69) is 36.6 Å². The molecule has 0 bridgehead atoms. The third kappa shape index (κ3) is 4.02. The molecule has 21 heavy (non-hydrogen) atoms. The maximum absolute atomic E-state index is 12.7. The minimum absolute atomic E-state index is 0.245. The Labute approximate surface area is 148 Å². The number of sulfonamides is 1. The first kappa shape index (κ1) is 17.7. The second-order valence-electron chi connectivity index (χ2n) is 5.61. The van der Waals surface area contributed by atoms with Crippen molar-refractivity contribution in [2.24, 2.45) is 0 Å². The lowest BCUT2D eigenvalue weighted by Gasteiger charge is -2.36. The van der Waals surface area contributed by atoms with Crippen molar-refractivity contribution >= 4 is 53.5 Å². The van der Waals surface area contributed by atoms with Crippen LogP contribution in [-0.2, 0) is 10.0 Å². The molecule has 3 nitrogen and oxygen atoms in total. The molecule has 1 fully saturated rings. The topological polar surface area (TPSA) is 46.2 Å². The highest BCUT2D eigenvalue weighted by Crippen LogP contribution is 2.33. The van der Waals surface area contributed by atoms with Gasteiger partial charge in [0.1, 0.15) is 0 Å². The van der Waals surface area contributed by atoms with E-state index in [1.165, 1.54) is 0 Å². The van der Waals surface area contributed by atoms with E-state index in [9.17, 15) is 8.42 Å². The van der Waals surface area contributed by atoms with E-state index in [1.54, 1.807) is 12.1 Å². The molecule has 0 saturated heterocycles. The van der Waals surface area contributed by atoms with Crippen molar-refractivity contribution in [2.75, 3.05) is 5.88 Å². The van der Waals surface area contributed by atoms with Gasteiger partial charge in [0.2, 0.25) is 10.0 Å². The van der Waals surface area contributed by atoms with E-state index in [1.807, 2.05) is 6.92 Å². The van der Waals surface area contributed by atoms with Crippen molar-refractivity contribution in [3.8, 4) is 0 Å². The number of aryl methyl sites for hydroxylation is 1. The van der Waals surface area contributed by atoms with E-state index in [-0.39, 0.29) is 4.90 Å². The van der Waals surface area contributed by atoms with Crippen LogP contribution >= 0.6 is 43.5 Å². The van der Waals surface area contributed by atoms with E-state index >= 15 is 0 Å². The first-order valence-electron chi connectivity index (χ1n) is 6.85. The lowest BCUT2D eigenvalue weighted by Crippen LogP contribution is -2.51. The van der Waals surface area contributed by atoms with E-state index in [0.29, 0.717) is 10.4 Å². The molecule has 0 heterocycles. The molecule has 1 aliphatic carbocycles. The molecule has 1 saturated carbocycles. The van der Waals surface area contributed by atoms with Crippen LogP contribution in [0.5, 0.6) is 0 Å². The monoisotopic (exact) mass is 457 g/mol. The molecule has 1 N–H and O–H groups in total. The van der Waals surface area contributed by atoms with Crippen molar-refractivity contribution in [3.63, 3.8) is 0 Å². The summed E-state index contributed by atoms with van der Waals surface area (Å²) in [4.78, 5) is 0.245. The number of benzene rings is 1. The summed E-state index contributed by atoms with van der Waals surface area (Å²) >= 11 is 12.8. The molecule has 1 aromatic rings. The molecular formula is C14H18Br2ClNO2S. The van der Waals surface area contributed by atoms with Crippen molar-refractivity contribution in [2.45, 2.75) is 49.5 Å². The van der Waals surface area contributed by atoms with Gasteiger partial charge in [0.05, 0.1) is 4.90 Å². The summed E-state index contributed by atoms with van der Waals surface area (Å²) in [5.41, 5.74) is 0.459. The molecule has 7 heteroatoms. The predicted molar refractivity (Wildman–Crippen MR) is 93.4 cm³/mol. The summed E-state index contributed by atoms with van der Waals surface area (Å²) in [6.45, 7) is 1.92. The van der Waals surface area contributed by atoms with Gasteiger partial charge in [-0.2, -0.15) is 0 Å². The van der Waals surface area contributed by atoms with Gasteiger partial charge in [0, 0.05) is 20.4 Å². The van der Waals surface area contributed by atoms with Crippen LogP contribution in [-0.4, -0.2) is 19.8 Å². The van der Waals surface area contributed by atoms with Crippen LogP contribution in [0.4, 0.5) is 0 Å². The van der Waals surface area contributed by atoms with Gasteiger partial charge in [-0.3, -0.25) is 0 Å². The summed E-state index contributed by atoms with van der Waals surface area (Å²) in [6.07, 6.45) is 4.74. The van der Waals surface area contributed by atoms with Crippen molar-refractivity contribution < 1.29 is 8.42 Å². The number of hydrogen-bond acceptors (Lipinski definition) is 2. The van der Waals surface area contributed by atoms with E-state index in [4.69, 9.17) is 11.6 Å². The van der Waals surface area contributed by atoms with Crippen LogP contribution in [0.1, 0.15) is 37.7 Å². The first-order valence-corrected chi connectivity index (χ1v) is 10.5. The summed E-state index contributed by atoms with van der Waals surface area (Å²) in [7, 11) is -3.61. The molecule has 0 unspecified atom stereocenters. The van der Waals surface area contributed by atoms with Gasteiger partial charge in [-0.05, 0) is 53.4 Å². The number of rotatable bonds is 4. The van der Waals surface area contributed by atoms with Crippen LogP contribution in [0.3, 0.4) is 0 Å². The van der Waals surface area contributed by atoms with Crippen LogP contribution in [0, 0.1) is 6.92 Å². The van der Waals surface area contributed by atoms with E-state index < -0.39 is 15.6 Å². The Morgan fingerprint density at radius 3 is 2.38 bits per heavy atom. The van der Waals surface area contributed by atoms with Crippen LogP contribution in [0.15, 0.2) is 26.0 Å². The smallest absolute Gasteiger partial charge is 0.207 e. The zero-order valence-corrected chi connectivity index (χ0v) is 16.5. The molecule has 1 aromatic carbocycles. The van der Waals surface area contributed by atoms with Gasteiger partial charge in [-0.15, -0.1) is 11.6 Å². The Hall–Kier alpha value is 0.380. The van der Waals surface area contributed by atoms with Crippen molar-refractivity contribution in [1.29, 1.82) is 0 Å². The highest BCUT2D eigenvalue weighted by molar-refractivity contribution is 9.11. The van der Waals surface area contributed by atoms with Crippen molar-refractivity contribution in [3.05, 3.63) is 26.6 Å². The minimum Gasteiger partial charge on any atom is -0.207 e. The molecule has 0 aromatic heterocycles. The first-order chi connectivity index (χ1) is 9.80. The third-order valence-electron chi connectivity index (χ3n) is 3.92. The largest absolute Gasteiger partial charge is 0.242 e.